The first-order valence-corrected chi connectivity index (χ1v) is 13.1. The maximum absolute atomic E-state index is 13.7. The summed E-state index contributed by atoms with van der Waals surface area (Å²) in [5.41, 5.74) is 6.57. The van der Waals surface area contributed by atoms with Crippen LogP contribution >= 0.6 is 0 Å². The van der Waals surface area contributed by atoms with E-state index in [2.05, 4.69) is 15.4 Å². The van der Waals surface area contributed by atoms with Crippen LogP contribution in [-0.2, 0) is 32.2 Å². The topological polar surface area (TPSA) is 146 Å². The Hall–Kier alpha value is -3.54. The highest BCUT2D eigenvalue weighted by Crippen LogP contribution is 2.23. The Morgan fingerprint density at radius 1 is 1.03 bits per heavy atom. The molecule has 12 heteroatoms. The lowest BCUT2D eigenvalue weighted by molar-refractivity contribution is -0.130. The van der Waals surface area contributed by atoms with E-state index in [0.717, 1.165) is 5.56 Å². The van der Waals surface area contributed by atoms with Gasteiger partial charge in [-0.05, 0) is 35.5 Å². The fraction of sp³-hybridized carbons (Fsp3) is 0.615. The number of tetrazole rings is 1. The second-order valence-electron chi connectivity index (χ2n) is 10.3. The Bertz CT molecular complexity index is 1050. The Morgan fingerprint density at radius 2 is 1.66 bits per heavy atom. The van der Waals surface area contributed by atoms with Gasteiger partial charge in [0.05, 0.1) is 19.3 Å². The molecule has 2 heterocycles. The molecule has 2 atom stereocenters. The van der Waals surface area contributed by atoms with Crippen molar-refractivity contribution < 1.29 is 23.9 Å². The van der Waals surface area contributed by atoms with Gasteiger partial charge < -0.3 is 20.1 Å². The molecule has 1 aliphatic heterocycles. The van der Waals surface area contributed by atoms with Crippen molar-refractivity contribution in [2.45, 2.75) is 65.8 Å². The van der Waals surface area contributed by atoms with E-state index in [1.807, 2.05) is 62.9 Å². The number of carbonyl (C=O) groups excluding carboxylic acids is 3. The average Bonchev–Trinajstić information content (AvgIpc) is 3.35. The van der Waals surface area contributed by atoms with Crippen LogP contribution in [0.1, 0.15) is 46.1 Å². The molecule has 1 aromatic heterocycles. The molecular weight excluding hydrogens is 490 g/mol. The lowest BCUT2D eigenvalue weighted by Crippen LogP contribution is -2.56. The van der Waals surface area contributed by atoms with Crippen molar-refractivity contribution in [3.05, 3.63) is 35.9 Å². The number of aromatic nitrogens is 4. The summed E-state index contributed by atoms with van der Waals surface area (Å²) in [5.74, 6) is -0.537. The van der Waals surface area contributed by atoms with Gasteiger partial charge in [-0.2, -0.15) is 4.80 Å². The van der Waals surface area contributed by atoms with Gasteiger partial charge in [-0.15, -0.1) is 5.10 Å². The molecular formula is C26H39N7O5. The summed E-state index contributed by atoms with van der Waals surface area (Å²) in [6.45, 7) is 9.91. The minimum Gasteiger partial charge on any atom is -0.445 e. The van der Waals surface area contributed by atoms with Gasteiger partial charge in [0.2, 0.25) is 5.91 Å². The SMILES string of the molecule is CC(C)C[C@@H](C(N)=O)N(C(=O)OCc1ccccc1)[C@@H](CC(C)C)C(=O)Cn1nnc(N2CCOCC2)n1. The van der Waals surface area contributed by atoms with Crippen LogP contribution in [0.3, 0.4) is 0 Å². The molecule has 0 unspecified atom stereocenters. The van der Waals surface area contributed by atoms with Crippen LogP contribution in [0.5, 0.6) is 0 Å². The highest BCUT2D eigenvalue weighted by molar-refractivity contribution is 5.91. The number of Topliss-reactive ketones (excluding diaryl/α,β-unsaturated/α-hetero) is 1. The van der Waals surface area contributed by atoms with Crippen molar-refractivity contribution >= 4 is 23.7 Å². The monoisotopic (exact) mass is 529 g/mol. The van der Waals surface area contributed by atoms with E-state index < -0.39 is 24.1 Å². The van der Waals surface area contributed by atoms with E-state index in [4.69, 9.17) is 15.2 Å². The third kappa shape index (κ3) is 8.23. The van der Waals surface area contributed by atoms with Crippen molar-refractivity contribution in [1.29, 1.82) is 0 Å². The van der Waals surface area contributed by atoms with Crippen molar-refractivity contribution in [2.24, 2.45) is 17.6 Å². The molecule has 1 aromatic carbocycles. The zero-order chi connectivity index (χ0) is 27.7. The van der Waals surface area contributed by atoms with Gasteiger partial charge in [0, 0.05) is 13.1 Å². The number of hydrogen-bond acceptors (Lipinski definition) is 9. The fourth-order valence-corrected chi connectivity index (χ4v) is 4.36. The number of hydrogen-bond donors (Lipinski definition) is 1. The highest BCUT2D eigenvalue weighted by atomic mass is 16.6. The maximum Gasteiger partial charge on any atom is 0.411 e. The number of ether oxygens (including phenoxy) is 2. The normalized spacial score (nSPS) is 15.4. The zero-order valence-electron chi connectivity index (χ0n) is 22.7. The molecule has 2 N–H and O–H groups in total. The molecule has 38 heavy (non-hydrogen) atoms. The fourth-order valence-electron chi connectivity index (χ4n) is 4.36. The third-order valence-electron chi connectivity index (χ3n) is 6.21. The van der Waals surface area contributed by atoms with Crippen LogP contribution in [0, 0.1) is 11.8 Å². The summed E-state index contributed by atoms with van der Waals surface area (Å²) >= 11 is 0. The summed E-state index contributed by atoms with van der Waals surface area (Å²) in [7, 11) is 0. The average molecular weight is 530 g/mol. The van der Waals surface area contributed by atoms with Crippen LogP contribution in [0.25, 0.3) is 0 Å². The number of carbonyl (C=O) groups is 3. The minimum absolute atomic E-state index is 0.000532. The number of nitrogens with zero attached hydrogens (tertiary/aromatic N) is 6. The number of benzene rings is 1. The molecule has 3 rings (SSSR count). The third-order valence-corrected chi connectivity index (χ3v) is 6.21. The van der Waals surface area contributed by atoms with Crippen LogP contribution in [0.4, 0.5) is 10.7 Å². The summed E-state index contributed by atoms with van der Waals surface area (Å²) in [6.07, 6.45) is -0.162. The van der Waals surface area contributed by atoms with Gasteiger partial charge in [0.15, 0.2) is 5.78 Å². The van der Waals surface area contributed by atoms with Gasteiger partial charge in [-0.3, -0.25) is 14.5 Å². The summed E-state index contributed by atoms with van der Waals surface area (Å²) in [6, 6.07) is 7.22. The number of amides is 2. The van der Waals surface area contributed by atoms with Gasteiger partial charge in [0.1, 0.15) is 19.2 Å². The molecule has 1 aliphatic rings. The van der Waals surface area contributed by atoms with Crippen LogP contribution in [-0.4, -0.2) is 81.3 Å². The molecule has 0 radical (unpaired) electrons. The van der Waals surface area contributed by atoms with E-state index in [1.54, 1.807) is 0 Å². The number of nitrogens with two attached hydrogens (primary N) is 1. The lowest BCUT2D eigenvalue weighted by Gasteiger charge is -2.36. The van der Waals surface area contributed by atoms with Gasteiger partial charge >= 0.3 is 6.09 Å². The summed E-state index contributed by atoms with van der Waals surface area (Å²) < 4.78 is 11.0. The molecule has 1 saturated heterocycles. The van der Waals surface area contributed by atoms with E-state index in [9.17, 15) is 14.4 Å². The largest absolute Gasteiger partial charge is 0.445 e. The Morgan fingerprint density at radius 3 is 2.26 bits per heavy atom. The number of morpholine rings is 1. The van der Waals surface area contributed by atoms with E-state index in [-0.39, 0.29) is 30.8 Å². The first-order valence-electron chi connectivity index (χ1n) is 13.1. The minimum atomic E-state index is -1.02. The summed E-state index contributed by atoms with van der Waals surface area (Å²) in [5, 5.41) is 12.5. The quantitative estimate of drug-likeness (QED) is 0.412. The first kappa shape index (κ1) is 29.0. The Balaban J connectivity index is 1.86. The Labute approximate surface area is 223 Å². The van der Waals surface area contributed by atoms with Crippen LogP contribution < -0.4 is 10.6 Å². The smallest absolute Gasteiger partial charge is 0.411 e. The first-order chi connectivity index (χ1) is 18.2. The zero-order valence-corrected chi connectivity index (χ0v) is 22.7. The van der Waals surface area contributed by atoms with Crippen molar-refractivity contribution in [3.63, 3.8) is 0 Å². The molecule has 0 spiro atoms. The number of primary amides is 1. The standard InChI is InChI=1S/C26H39N7O5/c1-18(2)14-21(23(34)16-32-29-25(28-30-32)31-10-12-37-13-11-31)33(22(24(27)35)15-19(3)4)26(36)38-17-20-8-6-5-7-9-20/h5-9,18-19,21-22H,10-17H2,1-4H3,(H2,27,35)/t21-,22-/m0/s1. The number of rotatable bonds is 13. The Kier molecular flexibility index (Phi) is 10.6. The van der Waals surface area contributed by atoms with Gasteiger partial charge in [-0.25, -0.2) is 4.79 Å². The van der Waals surface area contributed by atoms with E-state index in [1.165, 1.54) is 9.70 Å². The second-order valence-corrected chi connectivity index (χ2v) is 10.3. The summed E-state index contributed by atoms with van der Waals surface area (Å²) in [4.78, 5) is 44.2. The molecule has 1 fully saturated rings. The highest BCUT2D eigenvalue weighted by Gasteiger charge is 2.39. The molecule has 2 amide bonds. The molecule has 2 aromatic rings. The maximum atomic E-state index is 13.7. The molecule has 0 saturated carbocycles. The van der Waals surface area contributed by atoms with Crippen molar-refractivity contribution in [2.75, 3.05) is 31.2 Å². The molecule has 0 aliphatic carbocycles. The van der Waals surface area contributed by atoms with Gasteiger partial charge in [-0.1, -0.05) is 63.1 Å². The number of ketones is 1. The van der Waals surface area contributed by atoms with Crippen LogP contribution in [0.15, 0.2) is 30.3 Å². The second kappa shape index (κ2) is 13.8. The van der Waals surface area contributed by atoms with E-state index in [0.29, 0.717) is 45.1 Å². The molecule has 208 valence electrons. The van der Waals surface area contributed by atoms with Crippen molar-refractivity contribution in [3.8, 4) is 0 Å². The van der Waals surface area contributed by atoms with Crippen molar-refractivity contribution in [1.82, 2.24) is 25.1 Å². The van der Waals surface area contributed by atoms with Gasteiger partial charge in [0.25, 0.3) is 5.95 Å². The van der Waals surface area contributed by atoms with E-state index >= 15 is 0 Å². The van der Waals surface area contributed by atoms with Crippen LogP contribution in [0.2, 0.25) is 0 Å². The predicted molar refractivity (Wildman–Crippen MR) is 140 cm³/mol. The predicted octanol–water partition coefficient (Wildman–Crippen LogP) is 2.03. The number of anilines is 1. The molecule has 12 nitrogen and oxygen atoms in total. The lowest BCUT2D eigenvalue weighted by atomic mass is 9.94. The molecule has 0 bridgehead atoms.